The molecule has 0 aliphatic rings. The SMILES string of the molecule is CSc1nc(C)ncc1C=O. The summed E-state index contributed by atoms with van der Waals surface area (Å²) in [6, 6.07) is 0. The minimum absolute atomic E-state index is 0.558. The topological polar surface area (TPSA) is 42.9 Å². The summed E-state index contributed by atoms with van der Waals surface area (Å²) in [5.41, 5.74) is 0.558. The molecule has 0 amide bonds. The second-order valence-electron chi connectivity index (χ2n) is 2.00. The van der Waals surface area contributed by atoms with Crippen molar-refractivity contribution in [1.82, 2.24) is 9.97 Å². The standard InChI is InChI=1S/C7H8N2OS/c1-5-8-3-6(4-10)7(9-5)11-2/h3-4H,1-2H3. The van der Waals surface area contributed by atoms with Crippen molar-refractivity contribution in [3.8, 4) is 0 Å². The van der Waals surface area contributed by atoms with Crippen LogP contribution in [0.25, 0.3) is 0 Å². The smallest absolute Gasteiger partial charge is 0.154 e. The number of carbonyl (C=O) groups excluding carboxylic acids is 1. The quantitative estimate of drug-likeness (QED) is 0.379. The van der Waals surface area contributed by atoms with Crippen molar-refractivity contribution in [3.05, 3.63) is 17.6 Å². The molecule has 11 heavy (non-hydrogen) atoms. The predicted molar refractivity (Wildman–Crippen MR) is 43.9 cm³/mol. The van der Waals surface area contributed by atoms with Crippen LogP contribution >= 0.6 is 11.8 Å². The van der Waals surface area contributed by atoms with Crippen molar-refractivity contribution in [2.75, 3.05) is 6.26 Å². The number of hydrogen-bond donors (Lipinski definition) is 0. The lowest BCUT2D eigenvalue weighted by Gasteiger charge is -1.98. The zero-order chi connectivity index (χ0) is 8.27. The summed E-state index contributed by atoms with van der Waals surface area (Å²) < 4.78 is 0. The lowest BCUT2D eigenvalue weighted by molar-refractivity contribution is 0.112. The van der Waals surface area contributed by atoms with Gasteiger partial charge in [-0.1, -0.05) is 0 Å². The second-order valence-corrected chi connectivity index (χ2v) is 2.79. The Hall–Kier alpha value is -0.900. The third-order valence-corrected chi connectivity index (χ3v) is 1.93. The molecule has 4 heteroatoms. The maximum absolute atomic E-state index is 10.4. The number of aromatic nitrogens is 2. The second kappa shape index (κ2) is 3.48. The summed E-state index contributed by atoms with van der Waals surface area (Å²) in [5.74, 6) is 0.694. The molecule has 0 atom stereocenters. The van der Waals surface area contributed by atoms with E-state index >= 15 is 0 Å². The van der Waals surface area contributed by atoms with Gasteiger partial charge in [-0.2, -0.15) is 0 Å². The highest BCUT2D eigenvalue weighted by molar-refractivity contribution is 7.98. The lowest BCUT2D eigenvalue weighted by Crippen LogP contribution is -1.94. The largest absolute Gasteiger partial charge is 0.298 e. The summed E-state index contributed by atoms with van der Waals surface area (Å²) in [6.07, 6.45) is 4.20. The molecule has 0 radical (unpaired) electrons. The molecule has 0 aliphatic heterocycles. The number of nitrogens with zero attached hydrogens (tertiary/aromatic N) is 2. The molecular weight excluding hydrogens is 160 g/mol. The first kappa shape index (κ1) is 8.20. The van der Waals surface area contributed by atoms with Crippen molar-refractivity contribution < 1.29 is 4.79 Å². The zero-order valence-electron chi connectivity index (χ0n) is 6.37. The average Bonchev–Trinajstić information content (AvgIpc) is 2.04. The number of aryl methyl sites for hydroxylation is 1. The third-order valence-electron chi connectivity index (χ3n) is 1.22. The molecule has 0 bridgehead atoms. The lowest BCUT2D eigenvalue weighted by atomic mass is 10.4. The molecule has 1 rings (SSSR count). The van der Waals surface area contributed by atoms with Crippen molar-refractivity contribution in [2.24, 2.45) is 0 Å². The van der Waals surface area contributed by atoms with Gasteiger partial charge in [0, 0.05) is 6.20 Å². The van der Waals surface area contributed by atoms with Gasteiger partial charge in [-0.25, -0.2) is 9.97 Å². The molecule has 1 aromatic heterocycles. The van der Waals surface area contributed by atoms with Crippen molar-refractivity contribution in [1.29, 1.82) is 0 Å². The van der Waals surface area contributed by atoms with Crippen LogP contribution in [-0.4, -0.2) is 22.5 Å². The summed E-state index contributed by atoms with van der Waals surface area (Å²) in [5, 5.41) is 0.743. The van der Waals surface area contributed by atoms with Gasteiger partial charge in [0.25, 0.3) is 0 Å². The van der Waals surface area contributed by atoms with Gasteiger partial charge >= 0.3 is 0 Å². The van der Waals surface area contributed by atoms with E-state index in [-0.39, 0.29) is 0 Å². The number of aldehydes is 1. The van der Waals surface area contributed by atoms with Crippen LogP contribution in [0.2, 0.25) is 0 Å². The first-order valence-corrected chi connectivity index (χ1v) is 4.33. The Kier molecular flexibility index (Phi) is 2.59. The molecule has 0 N–H and O–H groups in total. The summed E-state index contributed by atoms with van der Waals surface area (Å²) in [7, 11) is 0. The van der Waals surface area contributed by atoms with E-state index in [9.17, 15) is 4.79 Å². The Labute approximate surface area is 69.3 Å². The van der Waals surface area contributed by atoms with Crippen LogP contribution in [0.15, 0.2) is 11.2 Å². The van der Waals surface area contributed by atoms with Gasteiger partial charge in [0.05, 0.1) is 5.56 Å². The fourth-order valence-corrected chi connectivity index (χ4v) is 1.26. The van der Waals surface area contributed by atoms with E-state index in [1.54, 1.807) is 13.1 Å². The van der Waals surface area contributed by atoms with Crippen LogP contribution in [0.1, 0.15) is 16.2 Å². The zero-order valence-corrected chi connectivity index (χ0v) is 7.18. The maximum Gasteiger partial charge on any atom is 0.154 e. The number of rotatable bonds is 2. The molecular formula is C7H8N2OS. The Morgan fingerprint density at radius 1 is 1.64 bits per heavy atom. The minimum Gasteiger partial charge on any atom is -0.298 e. The van der Waals surface area contributed by atoms with Crippen LogP contribution in [-0.2, 0) is 0 Å². The molecule has 0 aliphatic carbocycles. The fourth-order valence-electron chi connectivity index (χ4n) is 0.703. The Balaban J connectivity index is 3.16. The number of hydrogen-bond acceptors (Lipinski definition) is 4. The highest BCUT2D eigenvalue weighted by atomic mass is 32.2. The van der Waals surface area contributed by atoms with E-state index in [0.29, 0.717) is 11.4 Å². The summed E-state index contributed by atoms with van der Waals surface area (Å²) in [6.45, 7) is 1.80. The molecule has 0 spiro atoms. The first-order valence-electron chi connectivity index (χ1n) is 3.10. The monoisotopic (exact) mass is 168 g/mol. The van der Waals surface area contributed by atoms with Gasteiger partial charge in [0.15, 0.2) is 6.29 Å². The van der Waals surface area contributed by atoms with Crippen LogP contribution in [0.5, 0.6) is 0 Å². The van der Waals surface area contributed by atoms with E-state index in [4.69, 9.17) is 0 Å². The first-order chi connectivity index (χ1) is 5.27. The highest BCUT2D eigenvalue weighted by Gasteiger charge is 2.01. The normalized spacial score (nSPS) is 9.64. The van der Waals surface area contributed by atoms with Crippen LogP contribution < -0.4 is 0 Å². The molecule has 1 heterocycles. The van der Waals surface area contributed by atoms with Crippen LogP contribution in [0.4, 0.5) is 0 Å². The third kappa shape index (κ3) is 1.77. The van der Waals surface area contributed by atoms with Crippen molar-refractivity contribution >= 4 is 18.0 Å². The van der Waals surface area contributed by atoms with Gasteiger partial charge in [-0.05, 0) is 13.2 Å². The average molecular weight is 168 g/mol. The van der Waals surface area contributed by atoms with E-state index in [1.165, 1.54) is 11.8 Å². The Morgan fingerprint density at radius 2 is 2.36 bits per heavy atom. The molecule has 0 fully saturated rings. The maximum atomic E-state index is 10.4. The predicted octanol–water partition coefficient (Wildman–Crippen LogP) is 1.32. The van der Waals surface area contributed by atoms with Gasteiger partial charge in [-0.15, -0.1) is 11.8 Å². The highest BCUT2D eigenvalue weighted by Crippen LogP contribution is 2.14. The van der Waals surface area contributed by atoms with E-state index in [2.05, 4.69) is 9.97 Å². The van der Waals surface area contributed by atoms with Crippen molar-refractivity contribution in [2.45, 2.75) is 11.9 Å². The molecule has 3 nitrogen and oxygen atoms in total. The molecule has 0 saturated heterocycles. The van der Waals surface area contributed by atoms with Crippen LogP contribution in [0.3, 0.4) is 0 Å². The van der Waals surface area contributed by atoms with Gasteiger partial charge in [0.2, 0.25) is 0 Å². The Bertz CT molecular complexity index is 275. The van der Waals surface area contributed by atoms with Gasteiger partial charge in [-0.3, -0.25) is 4.79 Å². The minimum atomic E-state index is 0.558. The summed E-state index contributed by atoms with van der Waals surface area (Å²) in [4.78, 5) is 18.4. The molecule has 58 valence electrons. The molecule has 1 aromatic rings. The van der Waals surface area contributed by atoms with E-state index in [0.717, 1.165) is 11.3 Å². The number of thioether (sulfide) groups is 1. The van der Waals surface area contributed by atoms with Crippen LogP contribution in [0, 0.1) is 6.92 Å². The molecule has 0 unspecified atom stereocenters. The summed E-state index contributed by atoms with van der Waals surface area (Å²) >= 11 is 1.45. The molecule has 0 aromatic carbocycles. The van der Waals surface area contributed by atoms with Crippen molar-refractivity contribution in [3.63, 3.8) is 0 Å². The van der Waals surface area contributed by atoms with Gasteiger partial charge in [0.1, 0.15) is 10.9 Å². The number of carbonyl (C=O) groups is 1. The Morgan fingerprint density at radius 3 is 2.91 bits per heavy atom. The molecule has 0 saturated carbocycles. The fraction of sp³-hybridized carbons (Fsp3) is 0.286. The van der Waals surface area contributed by atoms with Gasteiger partial charge < -0.3 is 0 Å². The van der Waals surface area contributed by atoms with E-state index < -0.39 is 0 Å². The van der Waals surface area contributed by atoms with E-state index in [1.807, 2.05) is 6.26 Å².